The monoisotopic (exact) mass is 390 g/mol. The van der Waals surface area contributed by atoms with Gasteiger partial charge in [-0.1, -0.05) is 0 Å². The lowest BCUT2D eigenvalue weighted by molar-refractivity contribution is -0.122. The summed E-state index contributed by atoms with van der Waals surface area (Å²) in [5.41, 5.74) is 0.721. The molecule has 7 nitrogen and oxygen atoms in total. The molecule has 0 radical (unpaired) electrons. The predicted octanol–water partition coefficient (Wildman–Crippen LogP) is 3.23. The minimum absolute atomic E-state index is 0.0224. The van der Waals surface area contributed by atoms with Crippen LogP contribution in [-0.4, -0.2) is 39.9 Å². The van der Waals surface area contributed by atoms with Gasteiger partial charge in [0.25, 0.3) is 6.43 Å². The number of nitrogens with one attached hydrogen (secondary N) is 1. The summed E-state index contributed by atoms with van der Waals surface area (Å²) in [5.74, 6) is 0.0979. The maximum absolute atomic E-state index is 13.7. The van der Waals surface area contributed by atoms with Crippen molar-refractivity contribution >= 4 is 16.9 Å². The number of aromatic nitrogens is 3. The van der Waals surface area contributed by atoms with E-state index in [1.165, 1.54) is 17.0 Å². The molecule has 1 amide bonds. The van der Waals surface area contributed by atoms with Crippen molar-refractivity contribution in [3.05, 3.63) is 35.7 Å². The van der Waals surface area contributed by atoms with E-state index < -0.39 is 6.43 Å². The topological polar surface area (TPSA) is 82.2 Å². The largest absolute Gasteiger partial charge is 0.463 e. The first-order valence-corrected chi connectivity index (χ1v) is 9.11. The molecule has 0 aromatic carbocycles. The molecule has 1 atom stereocenters. The Hall–Kier alpha value is -2.81. The quantitative estimate of drug-likeness (QED) is 0.699. The van der Waals surface area contributed by atoms with Gasteiger partial charge in [-0.25, -0.2) is 18.4 Å². The van der Waals surface area contributed by atoms with Crippen LogP contribution in [-0.2, 0) is 16.1 Å². The molecule has 9 heteroatoms. The smallest absolute Gasteiger partial charge is 0.264 e. The Morgan fingerprint density at radius 1 is 1.46 bits per heavy atom. The Morgan fingerprint density at radius 3 is 3.00 bits per heavy atom. The second-order valence-electron chi connectivity index (χ2n) is 6.76. The zero-order valence-corrected chi connectivity index (χ0v) is 15.3. The van der Waals surface area contributed by atoms with Crippen LogP contribution in [0.4, 0.5) is 8.78 Å². The third kappa shape index (κ3) is 3.62. The molecule has 1 saturated heterocycles. The lowest BCUT2D eigenvalue weighted by Gasteiger charge is -2.11. The molecular weight excluding hydrogens is 370 g/mol. The predicted molar refractivity (Wildman–Crippen MR) is 96.9 cm³/mol. The van der Waals surface area contributed by atoms with Crippen molar-refractivity contribution in [3.8, 4) is 11.5 Å². The third-order valence-electron chi connectivity index (χ3n) is 4.76. The highest BCUT2D eigenvalue weighted by Gasteiger charge is 2.23. The molecule has 4 rings (SSSR count). The van der Waals surface area contributed by atoms with Gasteiger partial charge in [0, 0.05) is 18.7 Å². The number of furan rings is 1. The van der Waals surface area contributed by atoms with Gasteiger partial charge < -0.3 is 14.5 Å². The van der Waals surface area contributed by atoms with Gasteiger partial charge >= 0.3 is 0 Å². The Bertz CT molecular complexity index is 979. The summed E-state index contributed by atoms with van der Waals surface area (Å²) in [6, 6.07) is 4.61. The van der Waals surface area contributed by atoms with Crippen molar-refractivity contribution < 1.29 is 22.7 Å². The van der Waals surface area contributed by atoms with E-state index in [-0.39, 0.29) is 40.8 Å². The van der Waals surface area contributed by atoms with E-state index in [2.05, 4.69) is 15.4 Å². The van der Waals surface area contributed by atoms with Crippen LogP contribution < -0.4 is 5.32 Å². The summed E-state index contributed by atoms with van der Waals surface area (Å²) >= 11 is 0. The fraction of sp³-hybridized carbons (Fsp3) is 0.421. The maximum atomic E-state index is 13.7. The highest BCUT2D eigenvalue weighted by atomic mass is 19.3. The van der Waals surface area contributed by atoms with Crippen molar-refractivity contribution in [2.75, 3.05) is 13.2 Å². The van der Waals surface area contributed by atoms with Crippen LogP contribution >= 0.6 is 0 Å². The summed E-state index contributed by atoms with van der Waals surface area (Å²) in [6.07, 6.45) is 0.665. The number of aryl methyl sites for hydroxylation is 1. The first-order valence-electron chi connectivity index (χ1n) is 9.11. The van der Waals surface area contributed by atoms with Gasteiger partial charge in [-0.05, 0) is 38.0 Å². The highest BCUT2D eigenvalue weighted by molar-refractivity contribution is 5.86. The molecule has 3 aromatic heterocycles. The van der Waals surface area contributed by atoms with Crippen LogP contribution in [0.3, 0.4) is 0 Å². The van der Waals surface area contributed by atoms with Gasteiger partial charge in [-0.15, -0.1) is 0 Å². The molecule has 0 aliphatic carbocycles. The molecule has 0 spiro atoms. The second kappa shape index (κ2) is 7.67. The molecule has 0 saturated carbocycles. The zero-order chi connectivity index (χ0) is 19.7. The second-order valence-corrected chi connectivity index (χ2v) is 6.76. The van der Waals surface area contributed by atoms with Crippen LogP contribution in [0.5, 0.6) is 0 Å². The molecular formula is C19H20F2N4O3. The number of rotatable bonds is 6. The van der Waals surface area contributed by atoms with E-state index in [0.717, 1.165) is 12.8 Å². The number of hydrogen-bond acceptors (Lipinski definition) is 5. The van der Waals surface area contributed by atoms with Crippen molar-refractivity contribution in [1.29, 1.82) is 0 Å². The van der Waals surface area contributed by atoms with Gasteiger partial charge in [0.2, 0.25) is 5.91 Å². The van der Waals surface area contributed by atoms with E-state index in [1.54, 1.807) is 19.1 Å². The number of amides is 1. The summed E-state index contributed by atoms with van der Waals surface area (Å²) < 4.78 is 39.5. The normalized spacial score (nSPS) is 16.9. The van der Waals surface area contributed by atoms with Gasteiger partial charge in [0.1, 0.15) is 12.2 Å². The number of pyridine rings is 1. The molecule has 0 bridgehead atoms. The molecule has 28 heavy (non-hydrogen) atoms. The van der Waals surface area contributed by atoms with Crippen LogP contribution in [0.1, 0.15) is 30.5 Å². The number of alkyl halides is 2. The van der Waals surface area contributed by atoms with Crippen LogP contribution in [0, 0.1) is 6.92 Å². The Kier molecular flexibility index (Phi) is 5.08. The Morgan fingerprint density at radius 2 is 2.32 bits per heavy atom. The van der Waals surface area contributed by atoms with Gasteiger partial charge in [0.15, 0.2) is 11.4 Å². The van der Waals surface area contributed by atoms with Crippen LogP contribution in [0.15, 0.2) is 28.9 Å². The zero-order valence-electron chi connectivity index (χ0n) is 15.3. The van der Waals surface area contributed by atoms with E-state index >= 15 is 0 Å². The number of carbonyl (C=O) groups is 1. The molecule has 1 aliphatic rings. The minimum Gasteiger partial charge on any atom is -0.463 e. The summed E-state index contributed by atoms with van der Waals surface area (Å²) in [6.45, 7) is 2.64. The number of hydrogen-bond donors (Lipinski definition) is 1. The Balaban J connectivity index is 1.65. The fourth-order valence-electron chi connectivity index (χ4n) is 3.44. The standard InChI is InChI=1S/C19H20F2N4O3/c1-11-17-13(18(20)21)8-14(15-5-3-7-28-15)23-19(17)25(24-11)10-16(26)22-9-12-4-2-6-27-12/h3,5,7-8,12,18H,2,4,6,9-10H2,1H3,(H,22,26). The maximum Gasteiger partial charge on any atom is 0.264 e. The number of carbonyl (C=O) groups excluding carboxylic acids is 1. The van der Waals surface area contributed by atoms with E-state index in [9.17, 15) is 13.6 Å². The third-order valence-corrected chi connectivity index (χ3v) is 4.76. The van der Waals surface area contributed by atoms with Crippen molar-refractivity contribution in [3.63, 3.8) is 0 Å². The average molecular weight is 390 g/mol. The molecule has 1 fully saturated rings. The SMILES string of the molecule is Cc1nn(CC(=O)NCC2CCCO2)c2nc(-c3ccco3)cc(C(F)F)c12. The number of halogens is 2. The van der Waals surface area contributed by atoms with E-state index in [1.807, 2.05) is 0 Å². The van der Waals surface area contributed by atoms with Crippen LogP contribution in [0.25, 0.3) is 22.5 Å². The minimum atomic E-state index is -2.70. The first kappa shape index (κ1) is 18.5. The van der Waals surface area contributed by atoms with Gasteiger partial charge in [0.05, 0.1) is 23.4 Å². The van der Waals surface area contributed by atoms with Crippen molar-refractivity contribution in [1.82, 2.24) is 20.1 Å². The molecule has 1 aliphatic heterocycles. The van der Waals surface area contributed by atoms with Gasteiger partial charge in [-0.3, -0.25) is 4.79 Å². The average Bonchev–Trinajstić information content (AvgIpc) is 3.42. The molecule has 148 valence electrons. The molecule has 1 unspecified atom stereocenters. The highest BCUT2D eigenvalue weighted by Crippen LogP contribution is 2.33. The summed E-state index contributed by atoms with van der Waals surface area (Å²) in [4.78, 5) is 16.8. The van der Waals surface area contributed by atoms with Crippen LogP contribution in [0.2, 0.25) is 0 Å². The number of nitrogens with zero attached hydrogens (tertiary/aromatic N) is 3. The summed E-state index contributed by atoms with van der Waals surface area (Å²) in [5, 5.41) is 7.34. The fourth-order valence-corrected chi connectivity index (χ4v) is 3.44. The molecule has 1 N–H and O–H groups in total. The van der Waals surface area contributed by atoms with Gasteiger partial charge in [-0.2, -0.15) is 5.10 Å². The van der Waals surface area contributed by atoms with Crippen molar-refractivity contribution in [2.24, 2.45) is 0 Å². The number of fused-ring (bicyclic) bond motifs is 1. The lowest BCUT2D eigenvalue weighted by atomic mass is 10.1. The number of ether oxygens (including phenoxy) is 1. The molecule has 3 aromatic rings. The van der Waals surface area contributed by atoms with E-state index in [4.69, 9.17) is 9.15 Å². The molecule has 4 heterocycles. The Labute approximate surface area is 159 Å². The van der Waals surface area contributed by atoms with Crippen molar-refractivity contribution in [2.45, 2.75) is 38.8 Å². The van der Waals surface area contributed by atoms with E-state index in [0.29, 0.717) is 24.6 Å². The summed E-state index contributed by atoms with van der Waals surface area (Å²) in [7, 11) is 0. The first-order chi connectivity index (χ1) is 13.5. The lowest BCUT2D eigenvalue weighted by Crippen LogP contribution is -2.34.